The maximum atomic E-state index is 13.2. The van der Waals surface area contributed by atoms with Crippen molar-refractivity contribution in [3.05, 3.63) is 69.2 Å². The zero-order valence-corrected chi connectivity index (χ0v) is 12.6. The number of hydrogen-bond acceptors (Lipinski definition) is 2. The number of halogens is 4. The maximum Gasteiger partial charge on any atom is 0.126 e. The standard InChI is InChI=1S/C15H14Cl2F2N2/c16-14-3-1-2-10(15(14)17)7-13(21-20)6-9-4-11(18)8-12(19)5-9/h1-5,8,13,21H,6-7,20H2. The lowest BCUT2D eigenvalue weighted by molar-refractivity contribution is 0.516. The van der Waals surface area contributed by atoms with Gasteiger partial charge in [0.15, 0.2) is 0 Å². The Labute approximate surface area is 131 Å². The molecule has 0 radical (unpaired) electrons. The van der Waals surface area contributed by atoms with E-state index in [4.69, 9.17) is 29.0 Å². The summed E-state index contributed by atoms with van der Waals surface area (Å²) >= 11 is 12.1. The molecule has 0 bridgehead atoms. The van der Waals surface area contributed by atoms with Crippen LogP contribution in [0.25, 0.3) is 0 Å². The van der Waals surface area contributed by atoms with Crippen molar-refractivity contribution in [2.75, 3.05) is 0 Å². The molecular weight excluding hydrogens is 317 g/mol. The molecular formula is C15H14Cl2F2N2. The summed E-state index contributed by atoms with van der Waals surface area (Å²) in [5.74, 6) is 4.30. The Kier molecular flexibility index (Phi) is 5.53. The summed E-state index contributed by atoms with van der Waals surface area (Å²) in [7, 11) is 0. The Bertz CT molecular complexity index is 615. The topological polar surface area (TPSA) is 38.0 Å². The van der Waals surface area contributed by atoms with E-state index in [1.807, 2.05) is 6.07 Å². The zero-order valence-electron chi connectivity index (χ0n) is 11.0. The maximum absolute atomic E-state index is 13.2. The molecule has 0 heterocycles. The minimum Gasteiger partial charge on any atom is -0.271 e. The lowest BCUT2D eigenvalue weighted by Crippen LogP contribution is -2.38. The number of benzene rings is 2. The van der Waals surface area contributed by atoms with Gasteiger partial charge in [-0.15, -0.1) is 0 Å². The highest BCUT2D eigenvalue weighted by atomic mass is 35.5. The monoisotopic (exact) mass is 330 g/mol. The molecule has 1 unspecified atom stereocenters. The van der Waals surface area contributed by atoms with Crippen LogP contribution in [0, 0.1) is 11.6 Å². The number of nitrogens with one attached hydrogen (secondary N) is 1. The van der Waals surface area contributed by atoms with Crippen LogP contribution in [0.4, 0.5) is 8.78 Å². The Morgan fingerprint density at radius 1 is 1.05 bits per heavy atom. The Morgan fingerprint density at radius 3 is 2.33 bits per heavy atom. The van der Waals surface area contributed by atoms with Crippen molar-refractivity contribution in [2.24, 2.45) is 5.84 Å². The number of hydrogen-bond donors (Lipinski definition) is 2. The number of nitrogens with two attached hydrogens (primary N) is 1. The second-order valence-electron chi connectivity index (χ2n) is 4.76. The molecule has 6 heteroatoms. The Balaban J connectivity index is 2.15. The molecule has 0 aromatic heterocycles. The normalized spacial score (nSPS) is 12.4. The molecule has 2 aromatic rings. The third kappa shape index (κ3) is 4.38. The van der Waals surface area contributed by atoms with Gasteiger partial charge in [-0.1, -0.05) is 35.3 Å². The lowest BCUT2D eigenvalue weighted by Gasteiger charge is -2.17. The third-order valence-corrected chi connectivity index (χ3v) is 4.00. The second kappa shape index (κ2) is 7.18. The van der Waals surface area contributed by atoms with E-state index < -0.39 is 11.6 Å². The molecule has 2 rings (SSSR count). The first-order valence-corrected chi connectivity index (χ1v) is 7.09. The largest absolute Gasteiger partial charge is 0.271 e. The van der Waals surface area contributed by atoms with Crippen molar-refractivity contribution in [3.8, 4) is 0 Å². The third-order valence-electron chi connectivity index (χ3n) is 3.14. The van der Waals surface area contributed by atoms with E-state index in [2.05, 4.69) is 5.43 Å². The average molecular weight is 331 g/mol. The van der Waals surface area contributed by atoms with Crippen molar-refractivity contribution in [1.29, 1.82) is 0 Å². The molecule has 21 heavy (non-hydrogen) atoms. The molecule has 0 fully saturated rings. The van der Waals surface area contributed by atoms with Crippen molar-refractivity contribution in [1.82, 2.24) is 5.43 Å². The summed E-state index contributed by atoms with van der Waals surface area (Å²) in [4.78, 5) is 0. The van der Waals surface area contributed by atoms with E-state index in [9.17, 15) is 8.78 Å². The molecule has 0 aliphatic carbocycles. The highest BCUT2D eigenvalue weighted by Crippen LogP contribution is 2.26. The van der Waals surface area contributed by atoms with Gasteiger partial charge in [-0.3, -0.25) is 11.3 Å². The molecule has 0 spiro atoms. The molecule has 1 atom stereocenters. The van der Waals surface area contributed by atoms with Crippen molar-refractivity contribution in [2.45, 2.75) is 18.9 Å². The smallest absolute Gasteiger partial charge is 0.126 e. The minimum atomic E-state index is -0.610. The average Bonchev–Trinajstić information content (AvgIpc) is 2.42. The summed E-state index contributed by atoms with van der Waals surface area (Å²) in [5.41, 5.74) is 3.98. The van der Waals surface area contributed by atoms with Gasteiger partial charge in [0, 0.05) is 12.1 Å². The van der Waals surface area contributed by atoms with Crippen LogP contribution in [0.5, 0.6) is 0 Å². The van der Waals surface area contributed by atoms with Crippen LogP contribution in [0.3, 0.4) is 0 Å². The van der Waals surface area contributed by atoms with Crippen molar-refractivity contribution < 1.29 is 8.78 Å². The molecule has 3 N–H and O–H groups in total. The highest BCUT2D eigenvalue weighted by Gasteiger charge is 2.13. The number of hydrazine groups is 1. The van der Waals surface area contributed by atoms with Crippen LogP contribution < -0.4 is 11.3 Å². The minimum absolute atomic E-state index is 0.220. The fraction of sp³-hybridized carbons (Fsp3) is 0.200. The first-order valence-electron chi connectivity index (χ1n) is 6.33. The lowest BCUT2D eigenvalue weighted by atomic mass is 9.99. The molecule has 0 amide bonds. The fourth-order valence-corrected chi connectivity index (χ4v) is 2.57. The molecule has 0 aliphatic rings. The first kappa shape index (κ1) is 16.2. The SMILES string of the molecule is NNC(Cc1cc(F)cc(F)c1)Cc1cccc(Cl)c1Cl. The van der Waals surface area contributed by atoms with Crippen LogP contribution in [-0.2, 0) is 12.8 Å². The van der Waals surface area contributed by atoms with Gasteiger partial charge in [-0.2, -0.15) is 0 Å². The van der Waals surface area contributed by atoms with Crippen LogP contribution in [0.2, 0.25) is 10.0 Å². The molecule has 2 nitrogen and oxygen atoms in total. The molecule has 0 saturated heterocycles. The van der Waals surface area contributed by atoms with Gasteiger partial charge in [0.05, 0.1) is 10.0 Å². The van der Waals surface area contributed by atoms with Gasteiger partial charge >= 0.3 is 0 Å². The Hall–Kier alpha value is -1.20. The van der Waals surface area contributed by atoms with Gasteiger partial charge in [-0.25, -0.2) is 8.78 Å². The molecule has 0 aliphatic heterocycles. The van der Waals surface area contributed by atoms with Crippen molar-refractivity contribution in [3.63, 3.8) is 0 Å². The summed E-state index contributed by atoms with van der Waals surface area (Å²) in [6.45, 7) is 0. The molecule has 112 valence electrons. The zero-order chi connectivity index (χ0) is 15.4. The predicted octanol–water partition coefficient (Wildman–Crippen LogP) is 3.89. The van der Waals surface area contributed by atoms with Gasteiger partial charge in [0.1, 0.15) is 11.6 Å². The van der Waals surface area contributed by atoms with Gasteiger partial charge in [0.25, 0.3) is 0 Å². The van der Waals surface area contributed by atoms with Crippen molar-refractivity contribution >= 4 is 23.2 Å². The van der Waals surface area contributed by atoms with E-state index in [1.165, 1.54) is 12.1 Å². The summed E-state index contributed by atoms with van der Waals surface area (Å²) < 4.78 is 26.4. The van der Waals surface area contributed by atoms with E-state index in [1.54, 1.807) is 12.1 Å². The molecule has 0 saturated carbocycles. The van der Waals surface area contributed by atoms with Crippen LogP contribution in [0.1, 0.15) is 11.1 Å². The first-order chi connectivity index (χ1) is 9.99. The van der Waals surface area contributed by atoms with Crippen LogP contribution in [0.15, 0.2) is 36.4 Å². The fourth-order valence-electron chi connectivity index (χ4n) is 2.17. The number of rotatable bonds is 5. The van der Waals surface area contributed by atoms with E-state index in [-0.39, 0.29) is 6.04 Å². The summed E-state index contributed by atoms with van der Waals surface area (Å²) in [6, 6.07) is 8.51. The quantitative estimate of drug-likeness (QED) is 0.644. The van der Waals surface area contributed by atoms with Gasteiger partial charge in [-0.05, 0) is 42.2 Å². The van der Waals surface area contributed by atoms with Crippen LogP contribution in [-0.4, -0.2) is 6.04 Å². The van der Waals surface area contributed by atoms with E-state index >= 15 is 0 Å². The van der Waals surface area contributed by atoms with E-state index in [0.29, 0.717) is 28.5 Å². The van der Waals surface area contributed by atoms with E-state index in [0.717, 1.165) is 11.6 Å². The van der Waals surface area contributed by atoms with Gasteiger partial charge in [0.2, 0.25) is 0 Å². The van der Waals surface area contributed by atoms with Crippen LogP contribution >= 0.6 is 23.2 Å². The Morgan fingerprint density at radius 2 is 1.71 bits per heavy atom. The summed E-state index contributed by atoms with van der Waals surface area (Å²) in [6.07, 6.45) is 0.863. The molecule has 2 aromatic carbocycles. The second-order valence-corrected chi connectivity index (χ2v) is 5.55. The summed E-state index contributed by atoms with van der Waals surface area (Å²) in [5, 5.41) is 0.923. The van der Waals surface area contributed by atoms with Gasteiger partial charge < -0.3 is 0 Å². The predicted molar refractivity (Wildman–Crippen MR) is 81.3 cm³/mol. The highest BCUT2D eigenvalue weighted by molar-refractivity contribution is 6.42.